The minimum Gasteiger partial charge on any atom is -0.331 e. The minimum absolute atomic E-state index is 0.0644. The quantitative estimate of drug-likeness (QED) is 0.790. The van der Waals surface area contributed by atoms with E-state index in [0.717, 1.165) is 35.1 Å². The van der Waals surface area contributed by atoms with E-state index in [4.69, 9.17) is 0 Å². The van der Waals surface area contributed by atoms with Crippen molar-refractivity contribution in [2.75, 3.05) is 18.0 Å². The lowest BCUT2D eigenvalue weighted by Gasteiger charge is -2.26. The van der Waals surface area contributed by atoms with Gasteiger partial charge in [-0.25, -0.2) is 0 Å². The van der Waals surface area contributed by atoms with Crippen LogP contribution >= 0.6 is 15.9 Å². The second-order valence-electron chi connectivity index (χ2n) is 5.42. The first-order valence-electron chi connectivity index (χ1n) is 6.95. The van der Waals surface area contributed by atoms with E-state index in [9.17, 15) is 9.59 Å². The molecule has 1 atom stereocenters. The van der Waals surface area contributed by atoms with E-state index in [2.05, 4.69) is 15.9 Å². The normalized spacial score (nSPS) is 23.0. The van der Waals surface area contributed by atoms with Gasteiger partial charge in [0.2, 0.25) is 11.8 Å². The average Bonchev–Trinajstić information content (AvgIpc) is 2.87. The van der Waals surface area contributed by atoms with Crippen molar-refractivity contribution in [3.63, 3.8) is 0 Å². The molecule has 2 aliphatic heterocycles. The Morgan fingerprint density at radius 3 is 2.85 bits per heavy atom. The summed E-state index contributed by atoms with van der Waals surface area (Å²) >= 11 is 3.46. The van der Waals surface area contributed by atoms with Gasteiger partial charge in [0.05, 0.1) is 0 Å². The van der Waals surface area contributed by atoms with Gasteiger partial charge in [0.1, 0.15) is 6.04 Å². The van der Waals surface area contributed by atoms with Crippen LogP contribution in [0.3, 0.4) is 0 Å². The zero-order valence-corrected chi connectivity index (χ0v) is 13.0. The number of benzene rings is 1. The predicted molar refractivity (Wildman–Crippen MR) is 80.6 cm³/mol. The maximum atomic E-state index is 12.8. The smallest absolute Gasteiger partial charge is 0.249 e. The lowest BCUT2D eigenvalue weighted by Crippen LogP contribution is -2.43. The van der Waals surface area contributed by atoms with Gasteiger partial charge in [-0.2, -0.15) is 0 Å². The molecule has 2 fully saturated rings. The van der Waals surface area contributed by atoms with Gasteiger partial charge in [-0.1, -0.05) is 22.0 Å². The van der Waals surface area contributed by atoms with E-state index in [0.29, 0.717) is 13.0 Å². The molecule has 0 saturated carbocycles. The number of fused-ring (bicyclic) bond motifs is 1. The third-order valence-corrected chi connectivity index (χ3v) is 4.63. The summed E-state index contributed by atoms with van der Waals surface area (Å²) in [5.74, 6) is 0.172. The molecule has 1 aromatic carbocycles. The number of anilines is 1. The first-order valence-corrected chi connectivity index (χ1v) is 7.74. The van der Waals surface area contributed by atoms with Crippen LogP contribution in [0.15, 0.2) is 22.7 Å². The van der Waals surface area contributed by atoms with Gasteiger partial charge in [-0.3, -0.25) is 9.59 Å². The second-order valence-corrected chi connectivity index (χ2v) is 6.33. The first-order chi connectivity index (χ1) is 9.58. The summed E-state index contributed by atoms with van der Waals surface area (Å²) in [6, 6.07) is 5.66. The highest BCUT2D eigenvalue weighted by Gasteiger charge is 2.39. The Kier molecular flexibility index (Phi) is 3.54. The lowest BCUT2D eigenvalue weighted by atomic mass is 10.1. The Labute approximate surface area is 126 Å². The molecular weight excluding hydrogens is 320 g/mol. The van der Waals surface area contributed by atoms with Crippen LogP contribution in [0.1, 0.15) is 24.8 Å². The largest absolute Gasteiger partial charge is 0.331 e. The van der Waals surface area contributed by atoms with Crippen molar-refractivity contribution in [1.82, 2.24) is 4.90 Å². The van der Waals surface area contributed by atoms with Crippen molar-refractivity contribution in [3.8, 4) is 0 Å². The van der Waals surface area contributed by atoms with Crippen molar-refractivity contribution in [2.24, 2.45) is 0 Å². The number of amides is 2. The lowest BCUT2D eigenvalue weighted by molar-refractivity contribution is -0.135. The van der Waals surface area contributed by atoms with Crippen LogP contribution in [0.2, 0.25) is 0 Å². The first kappa shape index (κ1) is 13.6. The number of halogens is 1. The van der Waals surface area contributed by atoms with E-state index in [-0.39, 0.29) is 17.9 Å². The number of nitrogens with zero attached hydrogens (tertiary/aromatic N) is 2. The number of carbonyl (C=O) groups excluding carboxylic acids is 2. The highest BCUT2D eigenvalue weighted by atomic mass is 79.9. The zero-order valence-electron chi connectivity index (χ0n) is 11.4. The molecule has 0 aliphatic carbocycles. The van der Waals surface area contributed by atoms with Crippen LogP contribution in [0.25, 0.3) is 0 Å². The molecule has 2 amide bonds. The molecule has 3 rings (SSSR count). The van der Waals surface area contributed by atoms with E-state index in [1.54, 1.807) is 9.80 Å². The number of hydrogen-bond donors (Lipinski definition) is 0. The van der Waals surface area contributed by atoms with Gasteiger partial charge in [0.15, 0.2) is 0 Å². The van der Waals surface area contributed by atoms with Crippen molar-refractivity contribution >= 4 is 33.4 Å². The van der Waals surface area contributed by atoms with Crippen molar-refractivity contribution < 1.29 is 9.59 Å². The SMILES string of the molecule is Cc1ccc(Br)cc1N1CCC(=O)N2CCCC2C1=O. The maximum absolute atomic E-state index is 12.8. The zero-order chi connectivity index (χ0) is 14.3. The molecule has 0 spiro atoms. The van der Waals surface area contributed by atoms with E-state index >= 15 is 0 Å². The average molecular weight is 337 g/mol. The predicted octanol–water partition coefficient (Wildman–Crippen LogP) is 2.49. The van der Waals surface area contributed by atoms with Gasteiger partial charge in [0, 0.05) is 29.7 Å². The standard InChI is InChI=1S/C15H17BrN2O2/c1-10-4-5-11(16)9-13(10)18-8-6-14(19)17-7-2-3-12(17)15(18)20/h4-5,9,12H,2-3,6-8H2,1H3. The molecular formula is C15H17BrN2O2. The summed E-state index contributed by atoms with van der Waals surface area (Å²) < 4.78 is 0.949. The fourth-order valence-corrected chi connectivity index (χ4v) is 3.42. The second kappa shape index (κ2) is 5.20. The molecule has 2 saturated heterocycles. The molecule has 5 heteroatoms. The molecule has 1 unspecified atom stereocenters. The molecule has 106 valence electrons. The molecule has 0 N–H and O–H groups in total. The third kappa shape index (κ3) is 2.24. The van der Waals surface area contributed by atoms with Gasteiger partial charge in [-0.05, 0) is 37.5 Å². The Balaban J connectivity index is 1.98. The third-order valence-electron chi connectivity index (χ3n) is 4.14. The number of rotatable bonds is 1. The highest BCUT2D eigenvalue weighted by Crippen LogP contribution is 2.30. The molecule has 2 aliphatic rings. The summed E-state index contributed by atoms with van der Waals surface area (Å²) in [7, 11) is 0. The van der Waals surface area contributed by atoms with E-state index < -0.39 is 0 Å². The summed E-state index contributed by atoms with van der Waals surface area (Å²) in [6.45, 7) is 3.19. The van der Waals surface area contributed by atoms with Crippen LogP contribution in [0, 0.1) is 6.92 Å². The molecule has 0 radical (unpaired) electrons. The molecule has 2 heterocycles. The Morgan fingerprint density at radius 2 is 2.05 bits per heavy atom. The monoisotopic (exact) mass is 336 g/mol. The molecule has 0 aromatic heterocycles. The van der Waals surface area contributed by atoms with Gasteiger partial charge in [-0.15, -0.1) is 0 Å². The van der Waals surface area contributed by atoms with Crippen LogP contribution in [0.4, 0.5) is 5.69 Å². The Morgan fingerprint density at radius 1 is 1.25 bits per heavy atom. The summed E-state index contributed by atoms with van der Waals surface area (Å²) in [5, 5.41) is 0. The molecule has 20 heavy (non-hydrogen) atoms. The van der Waals surface area contributed by atoms with Gasteiger partial charge >= 0.3 is 0 Å². The highest BCUT2D eigenvalue weighted by molar-refractivity contribution is 9.10. The van der Waals surface area contributed by atoms with Crippen LogP contribution < -0.4 is 4.90 Å². The maximum Gasteiger partial charge on any atom is 0.249 e. The summed E-state index contributed by atoms with van der Waals surface area (Å²) in [5.41, 5.74) is 1.96. The van der Waals surface area contributed by atoms with Crippen molar-refractivity contribution in [3.05, 3.63) is 28.2 Å². The Bertz CT molecular complexity index is 573. The number of carbonyl (C=O) groups is 2. The van der Waals surface area contributed by atoms with Crippen LogP contribution in [-0.4, -0.2) is 35.8 Å². The minimum atomic E-state index is -0.261. The summed E-state index contributed by atoms with van der Waals surface area (Å²) in [4.78, 5) is 28.4. The Hall–Kier alpha value is -1.36. The fourth-order valence-electron chi connectivity index (χ4n) is 3.08. The van der Waals surface area contributed by atoms with E-state index in [1.807, 2.05) is 25.1 Å². The number of aryl methyl sites for hydroxylation is 1. The van der Waals surface area contributed by atoms with Crippen molar-refractivity contribution in [2.45, 2.75) is 32.2 Å². The van der Waals surface area contributed by atoms with Crippen LogP contribution in [0.5, 0.6) is 0 Å². The topological polar surface area (TPSA) is 40.6 Å². The molecule has 1 aromatic rings. The van der Waals surface area contributed by atoms with Gasteiger partial charge < -0.3 is 9.80 Å². The van der Waals surface area contributed by atoms with Crippen molar-refractivity contribution in [1.29, 1.82) is 0 Å². The van der Waals surface area contributed by atoms with Gasteiger partial charge in [0.25, 0.3) is 0 Å². The number of hydrogen-bond acceptors (Lipinski definition) is 2. The van der Waals surface area contributed by atoms with Crippen LogP contribution in [-0.2, 0) is 9.59 Å². The molecule has 0 bridgehead atoms. The molecule has 4 nitrogen and oxygen atoms in total. The van der Waals surface area contributed by atoms with E-state index in [1.165, 1.54) is 0 Å². The summed E-state index contributed by atoms with van der Waals surface area (Å²) in [6.07, 6.45) is 2.12. The fraction of sp³-hybridized carbons (Fsp3) is 0.467.